The number of likely N-dealkylation sites (N-methyl/N-ethyl adjacent to an activating group) is 1. The highest BCUT2D eigenvalue weighted by atomic mass is 32.1. The van der Waals surface area contributed by atoms with Crippen molar-refractivity contribution in [3.05, 3.63) is 21.9 Å². The van der Waals surface area contributed by atoms with Gasteiger partial charge in [-0.3, -0.25) is 0 Å². The summed E-state index contributed by atoms with van der Waals surface area (Å²) in [6, 6.07) is 5.02. The molecule has 2 nitrogen and oxygen atoms in total. The van der Waals surface area contributed by atoms with Crippen molar-refractivity contribution in [2.75, 3.05) is 13.7 Å². The van der Waals surface area contributed by atoms with Crippen molar-refractivity contribution < 1.29 is 4.74 Å². The van der Waals surface area contributed by atoms with Gasteiger partial charge in [-0.05, 0) is 50.8 Å². The average Bonchev–Trinajstić information content (AvgIpc) is 2.76. The van der Waals surface area contributed by atoms with E-state index in [1.807, 2.05) is 18.4 Å². The van der Waals surface area contributed by atoms with Crippen molar-refractivity contribution in [1.29, 1.82) is 0 Å². The van der Waals surface area contributed by atoms with E-state index in [0.29, 0.717) is 6.04 Å². The van der Waals surface area contributed by atoms with Crippen LogP contribution in [-0.4, -0.2) is 25.3 Å². The van der Waals surface area contributed by atoms with Crippen LogP contribution in [-0.2, 0) is 17.6 Å². The van der Waals surface area contributed by atoms with Gasteiger partial charge in [-0.1, -0.05) is 13.8 Å². The van der Waals surface area contributed by atoms with E-state index in [-0.39, 0.29) is 5.60 Å². The quantitative estimate of drug-likeness (QED) is 0.817. The Morgan fingerprint density at radius 1 is 1.33 bits per heavy atom. The summed E-state index contributed by atoms with van der Waals surface area (Å²) in [6.45, 7) is 5.42. The Kier molecular flexibility index (Phi) is 4.82. The summed E-state index contributed by atoms with van der Waals surface area (Å²) in [4.78, 5) is 2.97. The third-order valence-electron chi connectivity index (χ3n) is 4.16. The Hall–Kier alpha value is -0.380. The maximum atomic E-state index is 5.84. The van der Waals surface area contributed by atoms with Crippen molar-refractivity contribution in [3.8, 4) is 0 Å². The Labute approximate surface area is 115 Å². The molecule has 0 spiro atoms. The van der Waals surface area contributed by atoms with Crippen molar-refractivity contribution >= 4 is 11.3 Å². The zero-order valence-electron chi connectivity index (χ0n) is 11.8. The van der Waals surface area contributed by atoms with E-state index in [1.165, 1.54) is 29.0 Å². The Bertz CT molecular complexity index is 365. The number of hydrogen-bond donors (Lipinski definition) is 1. The highest BCUT2D eigenvalue weighted by Crippen LogP contribution is 2.39. The van der Waals surface area contributed by atoms with Crippen LogP contribution in [0.4, 0.5) is 0 Å². The van der Waals surface area contributed by atoms with Crippen LogP contribution in [0.1, 0.15) is 42.9 Å². The molecule has 2 rings (SSSR count). The minimum absolute atomic E-state index is 0.0897. The van der Waals surface area contributed by atoms with Crippen molar-refractivity contribution in [1.82, 2.24) is 5.32 Å². The normalized spacial score (nSPS) is 19.5. The average molecular weight is 267 g/mol. The van der Waals surface area contributed by atoms with E-state index in [2.05, 4.69) is 31.3 Å². The highest BCUT2D eigenvalue weighted by molar-refractivity contribution is 7.11. The molecule has 3 heteroatoms. The molecule has 1 aromatic rings. The van der Waals surface area contributed by atoms with Crippen LogP contribution in [0.2, 0.25) is 0 Å². The zero-order chi connectivity index (χ0) is 13.0. The van der Waals surface area contributed by atoms with Crippen LogP contribution in [0.15, 0.2) is 12.1 Å². The van der Waals surface area contributed by atoms with E-state index in [4.69, 9.17) is 4.74 Å². The first kappa shape index (κ1) is 14.0. The lowest BCUT2D eigenvalue weighted by atomic mass is 9.73. The van der Waals surface area contributed by atoms with Gasteiger partial charge in [0, 0.05) is 22.9 Å². The van der Waals surface area contributed by atoms with Gasteiger partial charge in [0.1, 0.15) is 0 Å². The third-order valence-corrected chi connectivity index (χ3v) is 5.41. The first-order chi connectivity index (χ1) is 8.74. The standard InChI is InChI=1S/C15H25NOS/c1-4-12-7-8-13(18-12)11-14(16-5-2)15(17-3)9-6-10-15/h7-8,14,16H,4-6,9-11H2,1-3H3. The van der Waals surface area contributed by atoms with Crippen LogP contribution in [0.5, 0.6) is 0 Å². The summed E-state index contributed by atoms with van der Waals surface area (Å²) in [7, 11) is 1.87. The smallest absolute Gasteiger partial charge is 0.0834 e. The summed E-state index contributed by atoms with van der Waals surface area (Å²) in [5, 5.41) is 3.63. The molecule has 1 N–H and O–H groups in total. The minimum Gasteiger partial charge on any atom is -0.377 e. The Balaban J connectivity index is 2.05. The molecule has 0 bridgehead atoms. The largest absolute Gasteiger partial charge is 0.377 e. The fourth-order valence-corrected chi connectivity index (χ4v) is 3.84. The molecule has 1 aliphatic rings. The summed E-state index contributed by atoms with van der Waals surface area (Å²) in [5.74, 6) is 0. The molecule has 18 heavy (non-hydrogen) atoms. The zero-order valence-corrected chi connectivity index (χ0v) is 12.6. The Morgan fingerprint density at radius 3 is 2.50 bits per heavy atom. The van der Waals surface area contributed by atoms with Crippen LogP contribution >= 0.6 is 11.3 Å². The minimum atomic E-state index is 0.0897. The lowest BCUT2D eigenvalue weighted by Gasteiger charge is -2.46. The first-order valence-electron chi connectivity index (χ1n) is 7.10. The molecule has 1 aliphatic carbocycles. The summed E-state index contributed by atoms with van der Waals surface area (Å²) < 4.78 is 5.84. The molecule has 0 aromatic carbocycles. The predicted molar refractivity (Wildman–Crippen MR) is 78.5 cm³/mol. The van der Waals surface area contributed by atoms with Gasteiger partial charge in [0.15, 0.2) is 0 Å². The third kappa shape index (κ3) is 2.79. The maximum absolute atomic E-state index is 5.84. The van der Waals surface area contributed by atoms with Crippen molar-refractivity contribution in [3.63, 3.8) is 0 Å². The highest BCUT2D eigenvalue weighted by Gasteiger charge is 2.44. The van der Waals surface area contributed by atoms with Gasteiger partial charge in [0.25, 0.3) is 0 Å². The number of methoxy groups -OCH3 is 1. The monoisotopic (exact) mass is 267 g/mol. The van der Waals surface area contributed by atoms with E-state index >= 15 is 0 Å². The Morgan fingerprint density at radius 2 is 2.06 bits per heavy atom. The van der Waals surface area contributed by atoms with Gasteiger partial charge in [0.05, 0.1) is 5.60 Å². The van der Waals surface area contributed by atoms with Crippen LogP contribution in [0.25, 0.3) is 0 Å². The van der Waals surface area contributed by atoms with Crippen LogP contribution in [0.3, 0.4) is 0 Å². The maximum Gasteiger partial charge on any atom is 0.0834 e. The van der Waals surface area contributed by atoms with Gasteiger partial charge >= 0.3 is 0 Å². The second kappa shape index (κ2) is 6.18. The number of rotatable bonds is 7. The first-order valence-corrected chi connectivity index (χ1v) is 7.92. The van der Waals surface area contributed by atoms with Gasteiger partial charge in [-0.25, -0.2) is 0 Å². The second-order valence-electron chi connectivity index (χ2n) is 5.16. The van der Waals surface area contributed by atoms with Crippen molar-refractivity contribution in [2.45, 2.75) is 57.6 Å². The molecule has 0 amide bonds. The van der Waals surface area contributed by atoms with Crippen molar-refractivity contribution in [2.24, 2.45) is 0 Å². The molecular weight excluding hydrogens is 242 g/mol. The SMILES string of the molecule is CCNC(Cc1ccc(CC)s1)C1(OC)CCC1. The second-order valence-corrected chi connectivity index (χ2v) is 6.41. The molecule has 1 unspecified atom stereocenters. The molecule has 1 saturated carbocycles. The molecule has 1 heterocycles. The fourth-order valence-electron chi connectivity index (χ4n) is 2.83. The molecule has 0 saturated heterocycles. The topological polar surface area (TPSA) is 21.3 Å². The molecular formula is C15H25NOS. The number of thiophene rings is 1. The van der Waals surface area contributed by atoms with Crippen LogP contribution in [0, 0.1) is 0 Å². The summed E-state index contributed by atoms with van der Waals surface area (Å²) in [5.41, 5.74) is 0.0897. The summed E-state index contributed by atoms with van der Waals surface area (Å²) >= 11 is 1.95. The lowest BCUT2D eigenvalue weighted by Crippen LogP contribution is -2.57. The van der Waals surface area contributed by atoms with Crippen LogP contribution < -0.4 is 5.32 Å². The molecule has 0 aliphatic heterocycles. The summed E-state index contributed by atoms with van der Waals surface area (Å²) in [6.07, 6.45) is 5.96. The van der Waals surface area contributed by atoms with Gasteiger partial charge < -0.3 is 10.1 Å². The lowest BCUT2D eigenvalue weighted by molar-refractivity contribution is -0.0976. The predicted octanol–water partition coefficient (Wildman–Crippen LogP) is 3.40. The van der Waals surface area contributed by atoms with E-state index in [1.54, 1.807) is 0 Å². The van der Waals surface area contributed by atoms with E-state index in [9.17, 15) is 0 Å². The molecule has 102 valence electrons. The van der Waals surface area contributed by atoms with E-state index < -0.39 is 0 Å². The molecule has 1 atom stereocenters. The molecule has 1 aromatic heterocycles. The number of ether oxygens (including phenoxy) is 1. The number of hydrogen-bond acceptors (Lipinski definition) is 3. The molecule has 1 fully saturated rings. The molecule has 0 radical (unpaired) electrons. The van der Waals surface area contributed by atoms with Gasteiger partial charge in [-0.15, -0.1) is 11.3 Å². The van der Waals surface area contributed by atoms with E-state index in [0.717, 1.165) is 19.4 Å². The van der Waals surface area contributed by atoms with Gasteiger partial charge in [-0.2, -0.15) is 0 Å². The number of aryl methyl sites for hydroxylation is 1. The fraction of sp³-hybridized carbons (Fsp3) is 0.733. The van der Waals surface area contributed by atoms with Gasteiger partial charge in [0.2, 0.25) is 0 Å². The number of nitrogens with one attached hydrogen (secondary N) is 1.